The average molecular weight is 269 g/mol. The summed E-state index contributed by atoms with van der Waals surface area (Å²) in [6.45, 7) is 0. The van der Waals surface area contributed by atoms with E-state index in [0.717, 1.165) is 11.4 Å². The van der Waals surface area contributed by atoms with Crippen molar-refractivity contribution in [2.45, 2.75) is 0 Å². The number of benzene rings is 1. The first kappa shape index (κ1) is 11.7. The van der Waals surface area contributed by atoms with Crippen LogP contribution in [0.5, 0.6) is 0 Å². The molecule has 94 valence electrons. The van der Waals surface area contributed by atoms with Crippen molar-refractivity contribution in [2.24, 2.45) is 0 Å². The number of carbonyl (C=O) groups excluding carboxylic acids is 1. The first-order chi connectivity index (χ1) is 9.33. The zero-order valence-corrected chi connectivity index (χ0v) is 10.8. The third-order valence-electron chi connectivity index (χ3n) is 2.62. The van der Waals surface area contributed by atoms with E-state index in [1.54, 1.807) is 16.9 Å². The summed E-state index contributed by atoms with van der Waals surface area (Å²) in [7, 11) is 0. The van der Waals surface area contributed by atoms with Crippen LogP contribution in [-0.2, 0) is 0 Å². The molecule has 0 saturated carbocycles. The molecular weight excluding hydrogens is 258 g/mol. The first-order valence-corrected chi connectivity index (χ1v) is 6.66. The summed E-state index contributed by atoms with van der Waals surface area (Å²) in [6.07, 6.45) is 3.58. The zero-order chi connectivity index (χ0) is 13.1. The van der Waals surface area contributed by atoms with E-state index in [2.05, 4.69) is 10.4 Å². The van der Waals surface area contributed by atoms with Crippen LogP contribution in [0, 0.1) is 0 Å². The van der Waals surface area contributed by atoms with Crippen molar-refractivity contribution in [1.29, 1.82) is 0 Å². The Morgan fingerprint density at radius 3 is 2.89 bits per heavy atom. The minimum Gasteiger partial charge on any atom is -0.321 e. The molecule has 3 aromatic rings. The molecule has 0 spiro atoms. The second-order valence-electron chi connectivity index (χ2n) is 3.93. The van der Waals surface area contributed by atoms with Crippen LogP contribution < -0.4 is 5.32 Å². The maximum atomic E-state index is 11.9. The topological polar surface area (TPSA) is 46.9 Å². The number of nitrogens with one attached hydrogen (secondary N) is 1. The largest absolute Gasteiger partial charge is 0.321 e. The number of hydrogen-bond donors (Lipinski definition) is 1. The number of thiophene rings is 1. The van der Waals surface area contributed by atoms with Crippen LogP contribution in [0.2, 0.25) is 0 Å². The average Bonchev–Trinajstić information content (AvgIpc) is 3.13. The molecule has 2 aromatic heterocycles. The van der Waals surface area contributed by atoms with Crippen LogP contribution in [0.15, 0.2) is 60.2 Å². The summed E-state index contributed by atoms with van der Waals surface area (Å²) >= 11 is 1.42. The Labute approximate surface area is 114 Å². The van der Waals surface area contributed by atoms with E-state index in [9.17, 15) is 4.79 Å². The Bertz CT molecular complexity index is 675. The Morgan fingerprint density at radius 2 is 2.16 bits per heavy atom. The number of carbonyl (C=O) groups is 1. The molecule has 1 amide bonds. The molecule has 4 nitrogen and oxygen atoms in total. The Morgan fingerprint density at radius 1 is 1.21 bits per heavy atom. The predicted octanol–water partition coefficient (Wildman–Crippen LogP) is 3.19. The molecule has 0 aliphatic heterocycles. The smallest absolute Gasteiger partial charge is 0.265 e. The Kier molecular flexibility index (Phi) is 3.12. The standard InChI is InChI=1S/C14H11N3OS/c18-14(13-6-2-9-19-13)16-11-4-1-5-12(10-11)17-8-3-7-15-17/h1-10H,(H,16,18). The highest BCUT2D eigenvalue weighted by Crippen LogP contribution is 2.16. The lowest BCUT2D eigenvalue weighted by molar-refractivity contribution is 0.103. The second kappa shape index (κ2) is 5.07. The highest BCUT2D eigenvalue weighted by Gasteiger charge is 2.07. The fourth-order valence-electron chi connectivity index (χ4n) is 1.75. The SMILES string of the molecule is O=C(Nc1cccc(-n2cccn2)c1)c1cccs1. The van der Waals surface area contributed by atoms with E-state index >= 15 is 0 Å². The molecule has 19 heavy (non-hydrogen) atoms. The van der Waals surface area contributed by atoms with Gasteiger partial charge in [0, 0.05) is 18.1 Å². The van der Waals surface area contributed by atoms with Crippen molar-refractivity contribution < 1.29 is 4.79 Å². The lowest BCUT2D eigenvalue weighted by atomic mass is 10.2. The van der Waals surface area contributed by atoms with Gasteiger partial charge in [0.2, 0.25) is 0 Å². The highest BCUT2D eigenvalue weighted by atomic mass is 32.1. The van der Waals surface area contributed by atoms with Crippen LogP contribution in [0.3, 0.4) is 0 Å². The van der Waals surface area contributed by atoms with Gasteiger partial charge in [0.15, 0.2) is 0 Å². The molecule has 0 bridgehead atoms. The van der Waals surface area contributed by atoms with Crippen molar-refractivity contribution in [2.75, 3.05) is 5.32 Å². The van der Waals surface area contributed by atoms with Crippen molar-refractivity contribution in [1.82, 2.24) is 9.78 Å². The molecule has 1 aromatic carbocycles. The molecule has 0 radical (unpaired) electrons. The first-order valence-electron chi connectivity index (χ1n) is 5.78. The number of nitrogens with zero attached hydrogens (tertiary/aromatic N) is 2. The highest BCUT2D eigenvalue weighted by molar-refractivity contribution is 7.12. The van der Waals surface area contributed by atoms with Crippen LogP contribution in [0.4, 0.5) is 5.69 Å². The van der Waals surface area contributed by atoms with Crippen LogP contribution in [-0.4, -0.2) is 15.7 Å². The monoisotopic (exact) mass is 269 g/mol. The van der Waals surface area contributed by atoms with Gasteiger partial charge < -0.3 is 5.32 Å². The Balaban J connectivity index is 1.82. The predicted molar refractivity (Wildman–Crippen MR) is 75.8 cm³/mol. The molecule has 2 heterocycles. The van der Waals surface area contributed by atoms with E-state index in [1.807, 2.05) is 48.0 Å². The van der Waals surface area contributed by atoms with Gasteiger partial charge in [-0.15, -0.1) is 11.3 Å². The van der Waals surface area contributed by atoms with Crippen LogP contribution in [0.1, 0.15) is 9.67 Å². The van der Waals surface area contributed by atoms with E-state index < -0.39 is 0 Å². The quantitative estimate of drug-likeness (QED) is 0.793. The summed E-state index contributed by atoms with van der Waals surface area (Å²) in [6, 6.07) is 13.1. The van der Waals surface area contributed by atoms with E-state index in [4.69, 9.17) is 0 Å². The van der Waals surface area contributed by atoms with Gasteiger partial charge in [-0.25, -0.2) is 4.68 Å². The molecule has 0 unspecified atom stereocenters. The third-order valence-corrected chi connectivity index (χ3v) is 3.49. The van der Waals surface area contributed by atoms with Crippen LogP contribution >= 0.6 is 11.3 Å². The maximum Gasteiger partial charge on any atom is 0.265 e. The van der Waals surface area contributed by atoms with Gasteiger partial charge in [0.05, 0.1) is 10.6 Å². The fraction of sp³-hybridized carbons (Fsp3) is 0. The minimum atomic E-state index is -0.0902. The molecule has 1 N–H and O–H groups in total. The van der Waals surface area contributed by atoms with Gasteiger partial charge in [-0.2, -0.15) is 5.10 Å². The molecule has 0 aliphatic rings. The number of anilines is 1. The van der Waals surface area contributed by atoms with Crippen LogP contribution in [0.25, 0.3) is 5.69 Å². The van der Waals surface area contributed by atoms with Crippen molar-refractivity contribution >= 4 is 22.9 Å². The molecule has 3 rings (SSSR count). The van der Waals surface area contributed by atoms with Gasteiger partial charge >= 0.3 is 0 Å². The van der Waals surface area contributed by atoms with E-state index in [-0.39, 0.29) is 5.91 Å². The lowest BCUT2D eigenvalue weighted by Crippen LogP contribution is -2.10. The molecule has 0 saturated heterocycles. The zero-order valence-electron chi connectivity index (χ0n) is 9.98. The van der Waals surface area contributed by atoms with Gasteiger partial charge in [-0.1, -0.05) is 12.1 Å². The maximum absolute atomic E-state index is 11.9. The summed E-state index contributed by atoms with van der Waals surface area (Å²) in [4.78, 5) is 12.6. The summed E-state index contributed by atoms with van der Waals surface area (Å²) in [5.74, 6) is -0.0902. The Hall–Kier alpha value is -2.40. The van der Waals surface area contributed by atoms with Gasteiger partial charge in [-0.3, -0.25) is 4.79 Å². The van der Waals surface area contributed by atoms with Gasteiger partial charge in [-0.05, 0) is 35.7 Å². The molecular formula is C14H11N3OS. The number of rotatable bonds is 3. The van der Waals surface area contributed by atoms with E-state index in [0.29, 0.717) is 4.88 Å². The van der Waals surface area contributed by atoms with Gasteiger partial charge in [0.25, 0.3) is 5.91 Å². The summed E-state index contributed by atoms with van der Waals surface area (Å²) in [5.41, 5.74) is 1.67. The number of hydrogen-bond acceptors (Lipinski definition) is 3. The minimum absolute atomic E-state index is 0.0902. The number of aromatic nitrogens is 2. The molecule has 5 heteroatoms. The number of amides is 1. The second-order valence-corrected chi connectivity index (χ2v) is 4.88. The van der Waals surface area contributed by atoms with Crippen molar-refractivity contribution in [3.05, 3.63) is 65.1 Å². The summed E-state index contributed by atoms with van der Waals surface area (Å²) < 4.78 is 1.75. The van der Waals surface area contributed by atoms with Crippen molar-refractivity contribution in [3.8, 4) is 5.69 Å². The lowest BCUT2D eigenvalue weighted by Gasteiger charge is -2.06. The molecule has 0 fully saturated rings. The summed E-state index contributed by atoms with van der Waals surface area (Å²) in [5, 5.41) is 8.92. The third kappa shape index (κ3) is 2.56. The molecule has 0 aliphatic carbocycles. The molecule has 0 atom stereocenters. The van der Waals surface area contributed by atoms with E-state index in [1.165, 1.54) is 11.3 Å². The van der Waals surface area contributed by atoms with Crippen molar-refractivity contribution in [3.63, 3.8) is 0 Å². The fourth-order valence-corrected chi connectivity index (χ4v) is 2.37. The van der Waals surface area contributed by atoms with Gasteiger partial charge in [0.1, 0.15) is 0 Å². The normalized spacial score (nSPS) is 10.3.